The number of benzene rings is 1. The minimum absolute atomic E-state index is 0.700. The highest BCUT2D eigenvalue weighted by atomic mass is 15.0. The van der Waals surface area contributed by atoms with E-state index in [2.05, 4.69) is 23.5 Å². The molecule has 3 atom stereocenters. The molecule has 2 bridgehead atoms. The standard InChI is InChI=1S/C14H16N2/c15-9-10-1-3-11(4-2-10)12-7-13-5-6-14(8-12)16-13/h1-4,12-14,16H,5-8H2/t12?,13-,14+. The second kappa shape index (κ2) is 3.92. The van der Waals surface area contributed by atoms with Crippen molar-refractivity contribution < 1.29 is 0 Å². The maximum absolute atomic E-state index is 8.77. The lowest BCUT2D eigenvalue weighted by atomic mass is 9.86. The first-order valence-corrected chi connectivity index (χ1v) is 6.11. The predicted octanol–water partition coefficient (Wildman–Crippen LogP) is 2.56. The molecule has 1 N–H and O–H groups in total. The van der Waals surface area contributed by atoms with Crippen LogP contribution in [0, 0.1) is 11.3 Å². The lowest BCUT2D eigenvalue weighted by Crippen LogP contribution is -2.37. The van der Waals surface area contributed by atoms with E-state index >= 15 is 0 Å². The summed E-state index contributed by atoms with van der Waals surface area (Å²) in [7, 11) is 0. The van der Waals surface area contributed by atoms with Gasteiger partial charge in [0.1, 0.15) is 0 Å². The van der Waals surface area contributed by atoms with Crippen LogP contribution in [0.1, 0.15) is 42.7 Å². The van der Waals surface area contributed by atoms with Gasteiger partial charge in [0.2, 0.25) is 0 Å². The summed E-state index contributed by atoms with van der Waals surface area (Å²) in [6, 6.07) is 11.8. The molecule has 82 valence electrons. The highest BCUT2D eigenvalue weighted by Crippen LogP contribution is 2.37. The summed E-state index contributed by atoms with van der Waals surface area (Å²) in [5, 5.41) is 12.4. The molecule has 1 aromatic rings. The maximum Gasteiger partial charge on any atom is 0.0991 e. The van der Waals surface area contributed by atoms with Gasteiger partial charge in [-0.05, 0) is 49.3 Å². The molecule has 0 aliphatic carbocycles. The topological polar surface area (TPSA) is 35.8 Å². The number of rotatable bonds is 1. The summed E-state index contributed by atoms with van der Waals surface area (Å²) >= 11 is 0. The van der Waals surface area contributed by atoms with Crippen molar-refractivity contribution >= 4 is 0 Å². The molecule has 2 heterocycles. The van der Waals surface area contributed by atoms with Gasteiger partial charge in [0.25, 0.3) is 0 Å². The van der Waals surface area contributed by atoms with Gasteiger partial charge in [0, 0.05) is 12.1 Å². The molecule has 0 saturated carbocycles. The van der Waals surface area contributed by atoms with E-state index in [1.807, 2.05) is 12.1 Å². The van der Waals surface area contributed by atoms with Crippen LogP contribution in [0.15, 0.2) is 24.3 Å². The largest absolute Gasteiger partial charge is 0.311 e. The normalized spacial score (nSPS) is 32.3. The molecular formula is C14H16N2. The highest BCUT2D eigenvalue weighted by molar-refractivity contribution is 5.33. The first-order chi connectivity index (χ1) is 7.85. The van der Waals surface area contributed by atoms with Gasteiger partial charge in [-0.15, -0.1) is 0 Å². The van der Waals surface area contributed by atoms with Gasteiger partial charge in [-0.25, -0.2) is 0 Å². The van der Waals surface area contributed by atoms with Crippen molar-refractivity contribution in [2.24, 2.45) is 0 Å². The molecular weight excluding hydrogens is 196 g/mol. The average molecular weight is 212 g/mol. The molecule has 2 aliphatic rings. The Hall–Kier alpha value is -1.33. The Bertz CT molecular complexity index is 403. The second-order valence-corrected chi connectivity index (χ2v) is 5.04. The zero-order valence-electron chi connectivity index (χ0n) is 9.32. The van der Waals surface area contributed by atoms with E-state index in [1.54, 1.807) is 0 Å². The fraction of sp³-hybridized carbons (Fsp3) is 0.500. The summed E-state index contributed by atoms with van der Waals surface area (Å²) in [5.74, 6) is 0.700. The molecule has 2 fully saturated rings. The molecule has 0 spiro atoms. The summed E-state index contributed by atoms with van der Waals surface area (Å²) in [4.78, 5) is 0. The highest BCUT2D eigenvalue weighted by Gasteiger charge is 2.33. The van der Waals surface area contributed by atoms with E-state index in [0.29, 0.717) is 5.92 Å². The SMILES string of the molecule is N#Cc1ccc(C2C[C@H]3CC[C@@H](C2)N3)cc1. The van der Waals surface area contributed by atoms with Crippen molar-refractivity contribution in [2.45, 2.75) is 43.7 Å². The molecule has 2 nitrogen and oxygen atoms in total. The van der Waals surface area contributed by atoms with Gasteiger partial charge in [-0.3, -0.25) is 0 Å². The lowest BCUT2D eigenvalue weighted by molar-refractivity contribution is 0.363. The van der Waals surface area contributed by atoms with Crippen LogP contribution in [0.4, 0.5) is 0 Å². The van der Waals surface area contributed by atoms with Crippen molar-refractivity contribution in [1.82, 2.24) is 5.32 Å². The van der Waals surface area contributed by atoms with Crippen molar-refractivity contribution in [1.29, 1.82) is 5.26 Å². The molecule has 0 amide bonds. The van der Waals surface area contributed by atoms with Gasteiger partial charge in [-0.2, -0.15) is 5.26 Å². The molecule has 2 saturated heterocycles. The summed E-state index contributed by atoms with van der Waals surface area (Å²) in [6.45, 7) is 0. The fourth-order valence-corrected chi connectivity index (χ4v) is 3.16. The number of piperidine rings is 1. The minimum Gasteiger partial charge on any atom is -0.311 e. The predicted molar refractivity (Wildman–Crippen MR) is 63.1 cm³/mol. The Balaban J connectivity index is 1.79. The van der Waals surface area contributed by atoms with E-state index in [4.69, 9.17) is 5.26 Å². The smallest absolute Gasteiger partial charge is 0.0991 e. The minimum atomic E-state index is 0.700. The number of hydrogen-bond acceptors (Lipinski definition) is 2. The van der Waals surface area contributed by atoms with Gasteiger partial charge in [-0.1, -0.05) is 12.1 Å². The van der Waals surface area contributed by atoms with Gasteiger partial charge >= 0.3 is 0 Å². The second-order valence-electron chi connectivity index (χ2n) is 5.04. The van der Waals surface area contributed by atoms with Crippen molar-refractivity contribution in [3.63, 3.8) is 0 Å². The molecule has 16 heavy (non-hydrogen) atoms. The third-order valence-electron chi connectivity index (χ3n) is 3.98. The molecule has 2 aliphatic heterocycles. The van der Waals surface area contributed by atoms with Crippen LogP contribution in [0.5, 0.6) is 0 Å². The Kier molecular flexibility index (Phi) is 2.41. The quantitative estimate of drug-likeness (QED) is 0.776. The van der Waals surface area contributed by atoms with Crippen molar-refractivity contribution in [3.05, 3.63) is 35.4 Å². The fourth-order valence-electron chi connectivity index (χ4n) is 3.16. The van der Waals surface area contributed by atoms with E-state index in [1.165, 1.54) is 31.2 Å². The van der Waals surface area contributed by atoms with Crippen LogP contribution in [-0.4, -0.2) is 12.1 Å². The maximum atomic E-state index is 8.77. The van der Waals surface area contributed by atoms with Crippen molar-refractivity contribution in [2.75, 3.05) is 0 Å². The molecule has 3 rings (SSSR count). The Labute approximate surface area is 96.3 Å². The monoisotopic (exact) mass is 212 g/mol. The number of fused-ring (bicyclic) bond motifs is 2. The molecule has 2 heteroatoms. The van der Waals surface area contributed by atoms with Crippen LogP contribution in [0.2, 0.25) is 0 Å². The molecule has 1 unspecified atom stereocenters. The van der Waals surface area contributed by atoms with Crippen LogP contribution in [0.25, 0.3) is 0 Å². The molecule has 0 aromatic heterocycles. The van der Waals surface area contributed by atoms with Gasteiger partial charge < -0.3 is 5.32 Å². The summed E-state index contributed by atoms with van der Waals surface area (Å²) in [6.07, 6.45) is 5.22. The van der Waals surface area contributed by atoms with Crippen molar-refractivity contribution in [3.8, 4) is 6.07 Å². The van der Waals surface area contributed by atoms with Crippen LogP contribution < -0.4 is 5.32 Å². The number of nitriles is 1. The van der Waals surface area contributed by atoms with E-state index in [9.17, 15) is 0 Å². The summed E-state index contributed by atoms with van der Waals surface area (Å²) < 4.78 is 0. The third kappa shape index (κ3) is 1.72. The molecule has 1 aromatic carbocycles. The van der Waals surface area contributed by atoms with Gasteiger partial charge in [0.15, 0.2) is 0 Å². The van der Waals surface area contributed by atoms with Crippen LogP contribution in [-0.2, 0) is 0 Å². The number of nitrogens with one attached hydrogen (secondary N) is 1. The Morgan fingerprint density at radius 3 is 2.25 bits per heavy atom. The number of hydrogen-bond donors (Lipinski definition) is 1. The van der Waals surface area contributed by atoms with E-state index in [0.717, 1.165) is 17.6 Å². The van der Waals surface area contributed by atoms with E-state index < -0.39 is 0 Å². The first kappa shape index (κ1) is 9.86. The Morgan fingerprint density at radius 2 is 1.69 bits per heavy atom. The zero-order valence-corrected chi connectivity index (χ0v) is 9.32. The number of nitrogens with zero attached hydrogens (tertiary/aromatic N) is 1. The van der Waals surface area contributed by atoms with Crippen LogP contribution in [0.3, 0.4) is 0 Å². The lowest BCUT2D eigenvalue weighted by Gasteiger charge is -2.29. The Morgan fingerprint density at radius 1 is 1.06 bits per heavy atom. The van der Waals surface area contributed by atoms with Crippen LogP contribution >= 0.6 is 0 Å². The average Bonchev–Trinajstić information content (AvgIpc) is 2.68. The summed E-state index contributed by atoms with van der Waals surface area (Å²) in [5.41, 5.74) is 2.18. The molecule has 0 radical (unpaired) electrons. The third-order valence-corrected chi connectivity index (χ3v) is 3.98. The van der Waals surface area contributed by atoms with Gasteiger partial charge in [0.05, 0.1) is 11.6 Å². The zero-order chi connectivity index (χ0) is 11.0. The van der Waals surface area contributed by atoms with E-state index in [-0.39, 0.29) is 0 Å². The first-order valence-electron chi connectivity index (χ1n) is 6.11.